The molecular weight excluding hydrogens is 468 g/mol. The van der Waals surface area contributed by atoms with E-state index >= 15 is 0 Å². The van der Waals surface area contributed by atoms with Gasteiger partial charge in [0.15, 0.2) is 11.2 Å². The normalized spacial score (nSPS) is 14.3. The fourth-order valence-electron chi connectivity index (χ4n) is 5.49. The standard InChI is InChI=1S/C29H20N4O4/c34-26-16(28-30-20-5-1-3-7-24(20)36-28)9-11-22-18(26)13-32-15-33(22)14-19-23(32)12-10-17(27(19)35)29-31-21-6-2-4-8-25(21)37-29/h1-12,34-35H,13-15H2. The number of hydrogen-bond donors (Lipinski definition) is 2. The van der Waals surface area contributed by atoms with Gasteiger partial charge in [0, 0.05) is 22.5 Å². The lowest BCUT2D eigenvalue weighted by molar-refractivity contribution is 0.456. The molecule has 4 aromatic carbocycles. The van der Waals surface area contributed by atoms with E-state index in [1.54, 1.807) is 0 Å². The molecule has 0 atom stereocenters. The van der Waals surface area contributed by atoms with Gasteiger partial charge in [-0.3, -0.25) is 0 Å². The van der Waals surface area contributed by atoms with E-state index in [9.17, 15) is 10.2 Å². The third-order valence-electron chi connectivity index (χ3n) is 7.29. The second-order valence-corrected chi connectivity index (χ2v) is 9.43. The molecule has 0 amide bonds. The molecule has 8 nitrogen and oxygen atoms in total. The van der Waals surface area contributed by atoms with Gasteiger partial charge < -0.3 is 28.8 Å². The van der Waals surface area contributed by atoms with E-state index < -0.39 is 0 Å². The minimum Gasteiger partial charge on any atom is -0.507 e. The molecule has 6 aromatic rings. The van der Waals surface area contributed by atoms with Crippen LogP contribution in [0.25, 0.3) is 45.1 Å². The summed E-state index contributed by atoms with van der Waals surface area (Å²) in [5, 5.41) is 22.6. The summed E-state index contributed by atoms with van der Waals surface area (Å²) in [6, 6.07) is 22.8. The lowest BCUT2D eigenvalue weighted by atomic mass is 9.97. The van der Waals surface area contributed by atoms with Crippen LogP contribution in [0.4, 0.5) is 11.4 Å². The maximum atomic E-state index is 11.3. The Morgan fingerprint density at radius 1 is 0.595 bits per heavy atom. The van der Waals surface area contributed by atoms with Crippen LogP contribution >= 0.6 is 0 Å². The number of phenolic OH excluding ortho intramolecular Hbond substituents is 2. The molecule has 0 spiro atoms. The maximum Gasteiger partial charge on any atom is 0.231 e. The average molecular weight is 489 g/mol. The highest BCUT2D eigenvalue weighted by molar-refractivity contribution is 5.83. The number of nitrogens with zero attached hydrogens (tertiary/aromatic N) is 4. The highest BCUT2D eigenvalue weighted by Crippen LogP contribution is 2.48. The molecule has 8 heteroatoms. The second-order valence-electron chi connectivity index (χ2n) is 9.43. The number of para-hydroxylation sites is 4. The molecule has 0 saturated carbocycles. The van der Waals surface area contributed by atoms with Gasteiger partial charge in [0.1, 0.15) is 22.5 Å². The maximum absolute atomic E-state index is 11.3. The van der Waals surface area contributed by atoms with Crippen molar-refractivity contribution in [1.82, 2.24) is 9.97 Å². The zero-order chi connectivity index (χ0) is 24.7. The molecule has 2 aliphatic heterocycles. The summed E-state index contributed by atoms with van der Waals surface area (Å²) >= 11 is 0. The quantitative estimate of drug-likeness (QED) is 0.306. The van der Waals surface area contributed by atoms with Gasteiger partial charge in [0.05, 0.1) is 30.9 Å². The van der Waals surface area contributed by atoms with Crippen molar-refractivity contribution in [2.24, 2.45) is 0 Å². The van der Waals surface area contributed by atoms with E-state index in [4.69, 9.17) is 8.83 Å². The Hall–Kier alpha value is -4.98. The fraction of sp³-hybridized carbons (Fsp3) is 0.103. The third kappa shape index (κ3) is 2.89. The summed E-state index contributed by atoms with van der Waals surface area (Å²) in [5.74, 6) is 1.11. The van der Waals surface area contributed by atoms with E-state index in [0.717, 1.165) is 33.5 Å². The van der Waals surface area contributed by atoms with Gasteiger partial charge in [-0.25, -0.2) is 9.97 Å². The summed E-state index contributed by atoms with van der Waals surface area (Å²) < 4.78 is 11.8. The molecule has 0 aliphatic carbocycles. The number of aromatic hydroxyl groups is 2. The van der Waals surface area contributed by atoms with Crippen molar-refractivity contribution in [3.05, 3.63) is 83.9 Å². The molecule has 0 unspecified atom stereocenters. The third-order valence-corrected chi connectivity index (χ3v) is 7.29. The molecule has 0 saturated heterocycles. The predicted octanol–water partition coefficient (Wildman–Crippen LogP) is 6.01. The Balaban J connectivity index is 1.19. The molecular formula is C29H20N4O4. The zero-order valence-corrected chi connectivity index (χ0v) is 19.5. The summed E-state index contributed by atoms with van der Waals surface area (Å²) in [7, 11) is 0. The lowest BCUT2D eigenvalue weighted by Crippen LogP contribution is -2.46. The van der Waals surface area contributed by atoms with Crippen molar-refractivity contribution in [2.75, 3.05) is 16.5 Å². The summed E-state index contributed by atoms with van der Waals surface area (Å²) in [6.45, 7) is 1.63. The first-order valence-electron chi connectivity index (χ1n) is 12.1. The van der Waals surface area contributed by atoms with Gasteiger partial charge in [-0.2, -0.15) is 0 Å². The zero-order valence-electron chi connectivity index (χ0n) is 19.5. The number of anilines is 2. The summed E-state index contributed by atoms with van der Waals surface area (Å²) in [5.41, 5.74) is 7.43. The highest BCUT2D eigenvalue weighted by atomic mass is 16.4. The average Bonchev–Trinajstić information content (AvgIpc) is 3.54. The molecule has 2 N–H and O–H groups in total. The van der Waals surface area contributed by atoms with Crippen LogP contribution in [-0.4, -0.2) is 26.8 Å². The van der Waals surface area contributed by atoms with Crippen molar-refractivity contribution < 1.29 is 19.0 Å². The van der Waals surface area contributed by atoms with Crippen LogP contribution in [0.2, 0.25) is 0 Å². The van der Waals surface area contributed by atoms with Crippen LogP contribution in [0, 0.1) is 0 Å². The number of fused-ring (bicyclic) bond motifs is 8. The van der Waals surface area contributed by atoms with Gasteiger partial charge >= 0.3 is 0 Å². The summed E-state index contributed by atoms with van der Waals surface area (Å²) in [4.78, 5) is 13.4. The Bertz CT molecular complexity index is 1670. The molecule has 2 aromatic heterocycles. The van der Waals surface area contributed by atoms with Crippen molar-refractivity contribution in [3.8, 4) is 34.4 Å². The van der Waals surface area contributed by atoms with Gasteiger partial charge in [-0.1, -0.05) is 24.3 Å². The monoisotopic (exact) mass is 488 g/mol. The molecule has 4 heterocycles. The number of oxazole rings is 2. The van der Waals surface area contributed by atoms with Crippen LogP contribution in [0.3, 0.4) is 0 Å². The van der Waals surface area contributed by atoms with Crippen molar-refractivity contribution >= 4 is 33.6 Å². The summed E-state index contributed by atoms with van der Waals surface area (Å²) in [6.07, 6.45) is 0. The Labute approximate surface area is 210 Å². The van der Waals surface area contributed by atoms with Crippen molar-refractivity contribution in [1.29, 1.82) is 0 Å². The number of rotatable bonds is 2. The van der Waals surface area contributed by atoms with Gasteiger partial charge in [0.2, 0.25) is 11.8 Å². The van der Waals surface area contributed by atoms with Crippen LogP contribution in [0.5, 0.6) is 11.5 Å². The topological polar surface area (TPSA) is 99.0 Å². The number of hydrogen-bond acceptors (Lipinski definition) is 8. The van der Waals surface area contributed by atoms with E-state index in [1.807, 2.05) is 72.8 Å². The minimum absolute atomic E-state index is 0.162. The molecule has 8 rings (SSSR count). The minimum atomic E-state index is 0.162. The number of benzene rings is 4. The van der Waals surface area contributed by atoms with E-state index in [0.29, 0.717) is 53.8 Å². The van der Waals surface area contributed by atoms with Crippen LogP contribution in [0.1, 0.15) is 11.1 Å². The van der Waals surface area contributed by atoms with E-state index in [1.165, 1.54) is 0 Å². The molecule has 0 radical (unpaired) electrons. The van der Waals surface area contributed by atoms with E-state index in [-0.39, 0.29) is 11.5 Å². The second kappa shape index (κ2) is 7.27. The first kappa shape index (κ1) is 20.2. The van der Waals surface area contributed by atoms with Gasteiger partial charge in [-0.05, 0) is 48.5 Å². The van der Waals surface area contributed by atoms with Crippen LogP contribution in [-0.2, 0) is 13.1 Å². The highest BCUT2D eigenvalue weighted by Gasteiger charge is 2.34. The Morgan fingerprint density at radius 2 is 1.05 bits per heavy atom. The largest absolute Gasteiger partial charge is 0.507 e. The fourth-order valence-corrected chi connectivity index (χ4v) is 5.49. The Morgan fingerprint density at radius 3 is 1.51 bits per heavy atom. The first-order valence-corrected chi connectivity index (χ1v) is 12.1. The number of aromatic nitrogens is 2. The van der Waals surface area contributed by atoms with Crippen molar-refractivity contribution in [2.45, 2.75) is 13.1 Å². The van der Waals surface area contributed by atoms with Crippen LogP contribution < -0.4 is 9.80 Å². The Kier molecular flexibility index (Phi) is 3.97. The molecule has 37 heavy (non-hydrogen) atoms. The molecule has 2 bridgehead atoms. The van der Waals surface area contributed by atoms with E-state index in [2.05, 4.69) is 19.8 Å². The van der Waals surface area contributed by atoms with Crippen molar-refractivity contribution in [3.63, 3.8) is 0 Å². The molecule has 2 aliphatic rings. The number of phenols is 2. The smallest absolute Gasteiger partial charge is 0.231 e. The lowest BCUT2D eigenvalue weighted by Gasteiger charge is -2.45. The van der Waals surface area contributed by atoms with Crippen LogP contribution in [0.15, 0.2) is 81.6 Å². The molecule has 180 valence electrons. The first-order chi connectivity index (χ1) is 18.1. The SMILES string of the molecule is Oc1c(-c2nc3ccccc3o2)ccc2c1CN1CN2Cc2c1ccc(-c1nc3ccccc3o1)c2O. The van der Waals surface area contributed by atoms with Gasteiger partial charge in [0.25, 0.3) is 0 Å². The van der Waals surface area contributed by atoms with Gasteiger partial charge in [-0.15, -0.1) is 0 Å². The predicted molar refractivity (Wildman–Crippen MR) is 139 cm³/mol. The molecule has 0 fully saturated rings.